The first kappa shape index (κ1) is 55.3. The number of rotatable bonds is 13. The molecule has 2 aliphatic heterocycles. The second-order valence-corrected chi connectivity index (χ2v) is 15.4. The zero-order valence-corrected chi connectivity index (χ0v) is 34.4. The molecule has 62 heavy (non-hydrogen) atoms. The second kappa shape index (κ2) is 26.0. The van der Waals surface area contributed by atoms with Gasteiger partial charge in [0.25, 0.3) is 0 Å². The second-order valence-electron chi connectivity index (χ2n) is 15.0. The van der Waals surface area contributed by atoms with Crippen molar-refractivity contribution in [2.24, 2.45) is 32.9 Å². The van der Waals surface area contributed by atoms with E-state index >= 15 is 0 Å². The molecule has 14 nitrogen and oxygen atoms in total. The lowest BCUT2D eigenvalue weighted by molar-refractivity contribution is 0.185. The van der Waals surface area contributed by atoms with Crippen LogP contribution in [0.15, 0.2) is 59.0 Å². The number of hydrogen-bond donors (Lipinski definition) is 1. The van der Waals surface area contributed by atoms with E-state index in [9.17, 15) is 8.78 Å². The molecular weight excluding hydrogens is 841 g/mol. The van der Waals surface area contributed by atoms with Crippen LogP contribution >= 0.6 is 24.0 Å². The van der Waals surface area contributed by atoms with Crippen molar-refractivity contribution >= 4 is 51.5 Å². The Morgan fingerprint density at radius 3 is 1.63 bits per heavy atom. The van der Waals surface area contributed by atoms with E-state index in [2.05, 4.69) is 40.2 Å². The molecule has 0 unspecified atom stereocenters. The number of aromatic nitrogens is 2. The average molecular weight is 908 g/mol. The average Bonchev–Trinajstić information content (AvgIpc) is 4.20. The van der Waals surface area contributed by atoms with Gasteiger partial charge in [0, 0.05) is 77.0 Å². The molecular formula is C44H66Cl2F2N10O4. The van der Waals surface area contributed by atoms with Crippen molar-refractivity contribution in [1.82, 2.24) is 15.3 Å². The number of benzene rings is 2. The Morgan fingerprint density at radius 1 is 0.726 bits per heavy atom. The Bertz CT molecular complexity index is 2090. The van der Waals surface area contributed by atoms with Crippen LogP contribution in [-0.4, -0.2) is 77.2 Å². The summed E-state index contributed by atoms with van der Waals surface area (Å²) in [7, 11) is 3.02. The van der Waals surface area contributed by atoms with E-state index in [0.717, 1.165) is 68.1 Å². The Kier molecular flexibility index (Phi) is 23.2. The largest absolute Gasteiger partial charge is 0.493 e. The number of piperidine rings is 2. The molecule has 2 saturated carbocycles. The van der Waals surface area contributed by atoms with E-state index in [4.69, 9.17) is 41.6 Å². The number of hydrogen-bond acceptors (Lipinski definition) is 10. The highest BCUT2D eigenvalue weighted by molar-refractivity contribution is 6.35. The summed E-state index contributed by atoms with van der Waals surface area (Å²) in [5.41, 5.74) is 20.1. The normalized spacial score (nSPS) is 16.6. The molecule has 0 bridgehead atoms. The molecule has 4 aromatic rings. The lowest BCUT2D eigenvalue weighted by Gasteiger charge is -2.37. The third-order valence-electron chi connectivity index (χ3n) is 12.0. The Balaban J connectivity index is 0.000000486. The molecule has 18 heteroatoms. The van der Waals surface area contributed by atoms with Gasteiger partial charge in [-0.2, -0.15) is 0 Å². The first-order chi connectivity index (χ1) is 27.8. The van der Waals surface area contributed by atoms with Gasteiger partial charge >= 0.3 is 0 Å². The number of nitrogens with one attached hydrogen (secondary N) is 1. The van der Waals surface area contributed by atoms with E-state index in [1.165, 1.54) is 52.7 Å². The summed E-state index contributed by atoms with van der Waals surface area (Å²) in [6, 6.07) is 10.5. The van der Waals surface area contributed by atoms with Crippen molar-refractivity contribution in [2.75, 3.05) is 72.1 Å². The molecule has 0 radical (unpaired) electrons. The summed E-state index contributed by atoms with van der Waals surface area (Å²) in [6.45, 7) is 3.69. The van der Waals surface area contributed by atoms with Gasteiger partial charge in [0.2, 0.25) is 13.7 Å². The summed E-state index contributed by atoms with van der Waals surface area (Å²) in [5.74, 6) is 3.01. The molecule has 0 spiro atoms. The fourth-order valence-electron chi connectivity index (χ4n) is 8.42. The third kappa shape index (κ3) is 13.2. The Hall–Kier alpha value is -4.72. The number of methoxy groups -OCH3 is 2. The lowest BCUT2D eigenvalue weighted by Crippen LogP contribution is -2.37. The highest BCUT2D eigenvalue weighted by Gasteiger charge is 2.49. The van der Waals surface area contributed by atoms with Crippen LogP contribution in [0, 0.1) is 22.7 Å². The molecule has 0 amide bonds. The monoisotopic (exact) mass is 906 g/mol. The highest BCUT2D eigenvalue weighted by atomic mass is 35.5. The number of fused-ring (bicyclic) bond motifs is 2. The predicted molar refractivity (Wildman–Crippen MR) is 251 cm³/mol. The van der Waals surface area contributed by atoms with Gasteiger partial charge in [-0.25, -0.2) is 8.78 Å². The summed E-state index contributed by atoms with van der Waals surface area (Å²) in [5, 5.41) is 13.1. The molecule has 8 rings (SSSR count). The molecule has 2 aromatic heterocycles. The predicted octanol–water partition coefficient (Wildman–Crippen LogP) is 13.1. The highest BCUT2D eigenvalue weighted by Crippen LogP contribution is 2.56. The van der Waals surface area contributed by atoms with Crippen LogP contribution in [0.5, 0.6) is 23.0 Å². The molecule has 2 aliphatic carbocycles. The maximum Gasteiger partial charge on any atom is 0.228 e. The quantitative estimate of drug-likeness (QED) is 0.0783. The lowest BCUT2D eigenvalue weighted by atomic mass is 9.81. The smallest absolute Gasteiger partial charge is 0.228 e. The van der Waals surface area contributed by atoms with Gasteiger partial charge in [0.1, 0.15) is 0 Å². The minimum Gasteiger partial charge on any atom is -0.493 e. The fourth-order valence-corrected chi connectivity index (χ4v) is 8.63. The third-order valence-corrected chi connectivity index (χ3v) is 12.3. The number of halogens is 4. The zero-order chi connectivity index (χ0) is 40.3. The van der Waals surface area contributed by atoms with E-state index < -0.39 is 13.7 Å². The number of ether oxygens (including phenoxy) is 4. The van der Waals surface area contributed by atoms with Crippen molar-refractivity contribution in [3.63, 3.8) is 0 Å². The summed E-state index contributed by atoms with van der Waals surface area (Å²) in [6.07, 6.45) is 13.0. The number of azide groups is 2. The van der Waals surface area contributed by atoms with E-state index in [0.29, 0.717) is 56.8 Å². The molecule has 1 N–H and O–H groups in total. The SMILES string of the molecule is C.C.C.C.COc1cc2nccc(Cl)c2cc1OCF.COc1cc2nccc(N3CCC(C4(CN=[N+]=[N-])CC4)CC3)c2cc1OCF.Cl.[N-]=[N+]=NCC1(C2CCNCC2)CC1. The van der Waals surface area contributed by atoms with Crippen LogP contribution in [0.4, 0.5) is 14.5 Å². The van der Waals surface area contributed by atoms with Crippen molar-refractivity contribution in [3.05, 3.63) is 74.7 Å². The zero-order valence-electron chi connectivity index (χ0n) is 32.8. The maximum atomic E-state index is 12.8. The van der Waals surface area contributed by atoms with Gasteiger partial charge in [-0.15, -0.1) is 12.4 Å². The number of alkyl halides is 2. The molecule has 4 aliphatic rings. The summed E-state index contributed by atoms with van der Waals surface area (Å²) < 4.78 is 45.2. The minimum atomic E-state index is -0.917. The van der Waals surface area contributed by atoms with E-state index in [1.807, 2.05) is 12.1 Å². The summed E-state index contributed by atoms with van der Waals surface area (Å²) >= 11 is 5.99. The van der Waals surface area contributed by atoms with Crippen LogP contribution in [0.1, 0.15) is 81.1 Å². The first-order valence-electron chi connectivity index (χ1n) is 19.3. The maximum absolute atomic E-state index is 12.8. The van der Waals surface area contributed by atoms with E-state index in [-0.39, 0.29) is 47.5 Å². The van der Waals surface area contributed by atoms with Gasteiger partial charge in [-0.3, -0.25) is 9.97 Å². The molecule has 2 aromatic carbocycles. The van der Waals surface area contributed by atoms with Crippen LogP contribution in [0.3, 0.4) is 0 Å². The topological polar surface area (TPSA) is 175 Å². The molecule has 344 valence electrons. The van der Waals surface area contributed by atoms with Crippen LogP contribution in [0.2, 0.25) is 5.02 Å². The number of pyridine rings is 2. The summed E-state index contributed by atoms with van der Waals surface area (Å²) in [4.78, 5) is 16.8. The van der Waals surface area contributed by atoms with Crippen molar-refractivity contribution in [2.45, 2.75) is 81.1 Å². The van der Waals surface area contributed by atoms with E-state index in [1.54, 1.807) is 36.7 Å². The Labute approximate surface area is 377 Å². The molecule has 0 atom stereocenters. The standard InChI is InChI=1S/C20H24FN5O2.C11H9ClFNO2.C9H16N4.4CH4.ClH/c1-27-18-11-16-15(10-19(18)28-13-21)17(2-7-23-16)26-8-3-14(4-9-26)20(5-6-20)12-24-25-22;1-15-10-5-9-7(4-11(10)16-6-13)8(12)2-3-14-9;10-13-12-7-9(3-4-9)8-1-5-11-6-2-8;;;;;/h2,7,10-11,14H,3-6,8-9,12-13H2,1H3;2-5H,6H2,1H3;8,11H,1-7H2;4*1H4;1H. The molecule has 4 heterocycles. The molecule has 4 fully saturated rings. The van der Waals surface area contributed by atoms with Gasteiger partial charge < -0.3 is 29.2 Å². The van der Waals surface area contributed by atoms with Crippen molar-refractivity contribution in [1.29, 1.82) is 0 Å². The fraction of sp³-hybridized carbons (Fsp3) is 0.591. The Morgan fingerprint density at radius 2 is 1.18 bits per heavy atom. The first-order valence-corrected chi connectivity index (χ1v) is 19.7. The van der Waals surface area contributed by atoms with Gasteiger partial charge in [0.05, 0.1) is 30.3 Å². The van der Waals surface area contributed by atoms with Crippen LogP contribution < -0.4 is 29.2 Å². The van der Waals surface area contributed by atoms with Crippen molar-refractivity contribution < 1.29 is 27.7 Å². The van der Waals surface area contributed by atoms with Crippen LogP contribution in [-0.2, 0) is 0 Å². The number of nitrogens with zero attached hydrogens (tertiary/aromatic N) is 9. The minimum absolute atomic E-state index is 0. The van der Waals surface area contributed by atoms with Crippen LogP contribution in [0.25, 0.3) is 42.7 Å². The molecule has 2 saturated heterocycles. The number of anilines is 1. The van der Waals surface area contributed by atoms with Gasteiger partial charge in [-0.05, 0) is 122 Å². The van der Waals surface area contributed by atoms with Crippen molar-refractivity contribution in [3.8, 4) is 23.0 Å². The van der Waals surface area contributed by atoms with Gasteiger partial charge in [0.15, 0.2) is 23.0 Å². The van der Waals surface area contributed by atoms with Gasteiger partial charge in [-0.1, -0.05) is 51.5 Å².